The summed E-state index contributed by atoms with van der Waals surface area (Å²) in [6, 6.07) is 11.4. The van der Waals surface area contributed by atoms with E-state index in [1.165, 1.54) is 31.1 Å². The van der Waals surface area contributed by atoms with Crippen LogP contribution in [0.15, 0.2) is 42.5 Å². The topological polar surface area (TPSA) is 82.1 Å². The van der Waals surface area contributed by atoms with E-state index >= 15 is 0 Å². The highest BCUT2D eigenvalue weighted by atomic mass is 35.5. The van der Waals surface area contributed by atoms with Crippen LogP contribution < -0.4 is 14.4 Å². The van der Waals surface area contributed by atoms with E-state index in [2.05, 4.69) is 0 Å². The fourth-order valence-corrected chi connectivity index (χ4v) is 3.07. The Morgan fingerprint density at radius 2 is 1.96 bits per heavy atom. The van der Waals surface area contributed by atoms with Crippen molar-refractivity contribution in [2.75, 3.05) is 25.2 Å². The van der Waals surface area contributed by atoms with E-state index in [1.54, 1.807) is 30.3 Å². The van der Waals surface area contributed by atoms with Gasteiger partial charge in [-0.1, -0.05) is 23.7 Å². The van der Waals surface area contributed by atoms with Crippen LogP contribution in [0.2, 0.25) is 5.02 Å². The molecule has 0 radical (unpaired) electrons. The largest absolute Gasteiger partial charge is 0.495 e. The number of fused-ring (bicyclic) bond motifs is 1. The number of halogens is 1. The maximum absolute atomic E-state index is 12.4. The van der Waals surface area contributed by atoms with Crippen molar-refractivity contribution < 1.29 is 28.6 Å². The van der Waals surface area contributed by atoms with Crippen molar-refractivity contribution in [3.05, 3.63) is 53.1 Å². The maximum Gasteiger partial charge on any atom is 0.349 e. The number of nitrogens with zero attached hydrogens (tertiary/aromatic N) is 1. The molecule has 0 N–H and O–H groups in total. The smallest absolute Gasteiger partial charge is 0.349 e. The molecule has 0 aromatic heterocycles. The van der Waals surface area contributed by atoms with E-state index in [4.69, 9.17) is 25.8 Å². The fourth-order valence-electron chi connectivity index (χ4n) is 2.81. The van der Waals surface area contributed by atoms with E-state index in [0.717, 1.165) is 0 Å². The zero-order valence-corrected chi connectivity index (χ0v) is 16.1. The van der Waals surface area contributed by atoms with Gasteiger partial charge < -0.3 is 19.1 Å². The maximum atomic E-state index is 12.4. The Balaban J connectivity index is 1.66. The number of esters is 1. The molecule has 0 bridgehead atoms. The summed E-state index contributed by atoms with van der Waals surface area (Å²) in [5, 5.41) is 0.281. The van der Waals surface area contributed by atoms with E-state index in [1.807, 2.05) is 0 Å². The van der Waals surface area contributed by atoms with E-state index in [-0.39, 0.29) is 17.5 Å². The molecule has 0 saturated heterocycles. The van der Waals surface area contributed by atoms with Crippen LogP contribution in [0, 0.1) is 0 Å². The SMILES string of the molecule is COc1ccc(C(=O)COC(=O)[C@H]2CN(C(C)=O)c3ccccc3O2)cc1Cl. The van der Waals surface area contributed by atoms with Crippen LogP contribution in [0.1, 0.15) is 17.3 Å². The van der Waals surface area contributed by atoms with Gasteiger partial charge in [0.1, 0.15) is 11.5 Å². The highest BCUT2D eigenvalue weighted by molar-refractivity contribution is 6.32. The third-order valence-electron chi connectivity index (χ3n) is 4.24. The highest BCUT2D eigenvalue weighted by Crippen LogP contribution is 2.33. The first kappa shape index (κ1) is 19.7. The second-order valence-corrected chi connectivity index (χ2v) is 6.49. The molecule has 28 heavy (non-hydrogen) atoms. The Morgan fingerprint density at radius 1 is 1.21 bits per heavy atom. The second-order valence-electron chi connectivity index (χ2n) is 6.08. The van der Waals surface area contributed by atoms with Gasteiger partial charge in [0.25, 0.3) is 0 Å². The number of methoxy groups -OCH3 is 1. The zero-order valence-electron chi connectivity index (χ0n) is 15.3. The molecule has 1 amide bonds. The molecule has 8 heteroatoms. The molecule has 0 saturated carbocycles. The summed E-state index contributed by atoms with van der Waals surface area (Å²) in [7, 11) is 1.47. The van der Waals surface area contributed by atoms with Crippen LogP contribution in [0.3, 0.4) is 0 Å². The molecule has 7 nitrogen and oxygen atoms in total. The minimum atomic E-state index is -1.02. The van der Waals surface area contributed by atoms with Gasteiger partial charge in [-0.15, -0.1) is 0 Å². The van der Waals surface area contributed by atoms with Gasteiger partial charge in [0.15, 0.2) is 12.4 Å². The van der Waals surface area contributed by atoms with Gasteiger partial charge in [0.2, 0.25) is 12.0 Å². The predicted octanol–water partition coefficient (Wildman–Crippen LogP) is 2.89. The van der Waals surface area contributed by atoms with Gasteiger partial charge in [-0.25, -0.2) is 4.79 Å². The molecular formula is C20H18ClNO6. The summed E-state index contributed by atoms with van der Waals surface area (Å²) in [6.45, 7) is 0.943. The van der Waals surface area contributed by atoms with Crippen molar-refractivity contribution in [3.8, 4) is 11.5 Å². The summed E-state index contributed by atoms with van der Waals surface area (Å²) in [6.07, 6.45) is -1.02. The third-order valence-corrected chi connectivity index (χ3v) is 4.53. The Morgan fingerprint density at radius 3 is 2.64 bits per heavy atom. The molecule has 0 spiro atoms. The number of carbonyl (C=O) groups is 3. The predicted molar refractivity (Wildman–Crippen MR) is 102 cm³/mol. The standard InChI is InChI=1S/C20H18ClNO6/c1-12(23)22-10-19(28-18-6-4-3-5-15(18)22)20(25)27-11-16(24)13-7-8-17(26-2)14(21)9-13/h3-9,19H,10-11H2,1-2H3/t19-/m1/s1. The quantitative estimate of drug-likeness (QED) is 0.564. The molecule has 2 aromatic rings. The van der Waals surface area contributed by atoms with Gasteiger partial charge in [-0.2, -0.15) is 0 Å². The number of hydrogen-bond acceptors (Lipinski definition) is 6. The van der Waals surface area contributed by atoms with Gasteiger partial charge >= 0.3 is 5.97 Å². The molecule has 0 aliphatic carbocycles. The van der Waals surface area contributed by atoms with E-state index < -0.39 is 24.5 Å². The van der Waals surface area contributed by atoms with Gasteiger partial charge in [-0.05, 0) is 30.3 Å². The van der Waals surface area contributed by atoms with Gasteiger partial charge in [-0.3, -0.25) is 9.59 Å². The Bertz CT molecular complexity index is 929. The number of hydrogen-bond donors (Lipinski definition) is 0. The van der Waals surface area contributed by atoms with Crippen LogP contribution in [-0.2, 0) is 14.3 Å². The fraction of sp³-hybridized carbons (Fsp3) is 0.250. The van der Waals surface area contributed by atoms with Crippen LogP contribution in [0.5, 0.6) is 11.5 Å². The van der Waals surface area contributed by atoms with Crippen LogP contribution >= 0.6 is 11.6 Å². The number of ether oxygens (including phenoxy) is 3. The number of rotatable bonds is 5. The first-order valence-electron chi connectivity index (χ1n) is 8.48. The normalized spacial score (nSPS) is 15.2. The lowest BCUT2D eigenvalue weighted by Gasteiger charge is -2.33. The summed E-state index contributed by atoms with van der Waals surface area (Å²) in [4.78, 5) is 38.0. The Kier molecular flexibility index (Phi) is 5.84. The molecule has 1 aliphatic rings. The van der Waals surface area contributed by atoms with E-state index in [0.29, 0.717) is 22.7 Å². The number of anilines is 1. The lowest BCUT2D eigenvalue weighted by molar-refractivity contribution is -0.150. The number of benzene rings is 2. The molecule has 2 aromatic carbocycles. The van der Waals surface area contributed by atoms with E-state index in [9.17, 15) is 14.4 Å². The minimum absolute atomic E-state index is 0.00767. The number of para-hydroxylation sites is 2. The number of ketones is 1. The molecule has 0 unspecified atom stereocenters. The van der Waals surface area contributed by atoms with Crippen molar-refractivity contribution in [2.24, 2.45) is 0 Å². The number of Topliss-reactive ketones (excluding diaryl/α,β-unsaturated/α-hetero) is 1. The zero-order chi connectivity index (χ0) is 20.3. The van der Waals surface area contributed by atoms with Gasteiger partial charge in [0, 0.05) is 12.5 Å². The monoisotopic (exact) mass is 403 g/mol. The molecule has 1 aliphatic heterocycles. The minimum Gasteiger partial charge on any atom is -0.495 e. The second kappa shape index (κ2) is 8.31. The van der Waals surface area contributed by atoms with Crippen LogP contribution in [0.25, 0.3) is 0 Å². The summed E-state index contributed by atoms with van der Waals surface area (Å²) < 4.78 is 15.8. The Hall–Kier alpha value is -3.06. The summed E-state index contributed by atoms with van der Waals surface area (Å²) >= 11 is 6.01. The molecule has 3 rings (SSSR count). The van der Waals surface area contributed by atoms with Crippen molar-refractivity contribution in [1.82, 2.24) is 0 Å². The molecule has 1 atom stereocenters. The molecule has 0 fully saturated rings. The lowest BCUT2D eigenvalue weighted by Crippen LogP contribution is -2.47. The van der Waals surface area contributed by atoms with Crippen molar-refractivity contribution in [3.63, 3.8) is 0 Å². The van der Waals surface area contributed by atoms with Crippen molar-refractivity contribution in [2.45, 2.75) is 13.0 Å². The first-order valence-corrected chi connectivity index (χ1v) is 8.85. The summed E-state index contributed by atoms with van der Waals surface area (Å²) in [5.74, 6) is -0.531. The molecule has 146 valence electrons. The van der Waals surface area contributed by atoms with Crippen LogP contribution in [0.4, 0.5) is 5.69 Å². The molecular weight excluding hydrogens is 386 g/mol. The first-order chi connectivity index (χ1) is 13.4. The Labute approximate surface area is 166 Å². The third kappa shape index (κ3) is 4.09. The van der Waals surface area contributed by atoms with Crippen molar-refractivity contribution >= 4 is 34.9 Å². The summed E-state index contributed by atoms with van der Waals surface area (Å²) in [5.41, 5.74) is 0.877. The molecule has 1 heterocycles. The lowest BCUT2D eigenvalue weighted by atomic mass is 10.1. The number of amides is 1. The van der Waals surface area contributed by atoms with Crippen LogP contribution in [-0.4, -0.2) is 44.0 Å². The average molecular weight is 404 g/mol. The average Bonchev–Trinajstić information content (AvgIpc) is 2.70. The van der Waals surface area contributed by atoms with Crippen molar-refractivity contribution in [1.29, 1.82) is 0 Å². The van der Waals surface area contributed by atoms with Gasteiger partial charge in [0.05, 0.1) is 24.4 Å². The highest BCUT2D eigenvalue weighted by Gasteiger charge is 2.33. The number of carbonyl (C=O) groups excluding carboxylic acids is 3.